The fraction of sp³-hybridized carbons (Fsp3) is 0.294. The van der Waals surface area contributed by atoms with E-state index in [1.54, 1.807) is 0 Å². The van der Waals surface area contributed by atoms with Gasteiger partial charge in [0.05, 0.1) is 0 Å². The van der Waals surface area contributed by atoms with Crippen LogP contribution < -0.4 is 0 Å². The van der Waals surface area contributed by atoms with Crippen molar-refractivity contribution in [3.63, 3.8) is 0 Å². The SMILES string of the molecule is CC(=O)OC1=C(N2C(=O)CCC2=O)OC(C)(c2ccc(F)cc2)C1=O. The van der Waals surface area contributed by atoms with Gasteiger partial charge in [-0.15, -0.1) is 0 Å². The summed E-state index contributed by atoms with van der Waals surface area (Å²) in [6, 6.07) is 4.98. The molecule has 25 heavy (non-hydrogen) atoms. The van der Waals surface area contributed by atoms with Crippen molar-refractivity contribution in [3.05, 3.63) is 47.3 Å². The van der Waals surface area contributed by atoms with Gasteiger partial charge < -0.3 is 9.47 Å². The zero-order valence-electron chi connectivity index (χ0n) is 13.5. The van der Waals surface area contributed by atoms with Gasteiger partial charge in [-0.1, -0.05) is 12.1 Å². The van der Waals surface area contributed by atoms with Crippen LogP contribution in [-0.4, -0.2) is 28.5 Å². The maximum atomic E-state index is 13.2. The van der Waals surface area contributed by atoms with Crippen LogP contribution >= 0.6 is 0 Å². The molecule has 2 aliphatic heterocycles. The first-order valence-corrected chi connectivity index (χ1v) is 7.52. The van der Waals surface area contributed by atoms with Crippen LogP contribution in [-0.2, 0) is 34.3 Å². The van der Waals surface area contributed by atoms with Gasteiger partial charge in [0.15, 0.2) is 5.60 Å². The Morgan fingerprint density at radius 1 is 1.16 bits per heavy atom. The van der Waals surface area contributed by atoms with E-state index in [0.717, 1.165) is 19.1 Å². The number of imide groups is 1. The number of carbonyl (C=O) groups is 4. The second-order valence-electron chi connectivity index (χ2n) is 5.82. The van der Waals surface area contributed by atoms with Gasteiger partial charge in [0.25, 0.3) is 11.7 Å². The van der Waals surface area contributed by atoms with Crippen LogP contribution in [0.5, 0.6) is 0 Å². The summed E-state index contributed by atoms with van der Waals surface area (Å²) >= 11 is 0. The van der Waals surface area contributed by atoms with Crippen molar-refractivity contribution < 1.29 is 33.0 Å². The van der Waals surface area contributed by atoms with Crippen LogP contribution in [0.15, 0.2) is 35.9 Å². The topological polar surface area (TPSA) is 90.0 Å². The summed E-state index contributed by atoms with van der Waals surface area (Å²) in [5.74, 6) is -4.07. The lowest BCUT2D eigenvalue weighted by Gasteiger charge is -2.25. The zero-order chi connectivity index (χ0) is 18.4. The van der Waals surface area contributed by atoms with Crippen LogP contribution in [0.25, 0.3) is 0 Å². The molecule has 1 aromatic rings. The number of rotatable bonds is 3. The van der Waals surface area contributed by atoms with Crippen molar-refractivity contribution in [1.82, 2.24) is 4.90 Å². The van der Waals surface area contributed by atoms with Gasteiger partial charge in [-0.05, 0) is 19.1 Å². The molecule has 2 heterocycles. The van der Waals surface area contributed by atoms with Gasteiger partial charge >= 0.3 is 5.97 Å². The van der Waals surface area contributed by atoms with Gasteiger partial charge in [-0.2, -0.15) is 0 Å². The minimum Gasteiger partial charge on any atom is -0.456 e. The number of hydrogen-bond donors (Lipinski definition) is 0. The Labute approximate surface area is 142 Å². The summed E-state index contributed by atoms with van der Waals surface area (Å²) in [4.78, 5) is 48.9. The first-order chi connectivity index (χ1) is 11.7. The summed E-state index contributed by atoms with van der Waals surface area (Å²) in [6.45, 7) is 2.48. The van der Waals surface area contributed by atoms with Crippen LogP contribution in [0.2, 0.25) is 0 Å². The monoisotopic (exact) mass is 347 g/mol. The Morgan fingerprint density at radius 2 is 1.72 bits per heavy atom. The molecule has 8 heteroatoms. The quantitative estimate of drug-likeness (QED) is 0.608. The Hall–Kier alpha value is -3.03. The van der Waals surface area contributed by atoms with E-state index in [9.17, 15) is 23.6 Å². The van der Waals surface area contributed by atoms with Gasteiger partial charge in [0.1, 0.15) is 5.82 Å². The van der Waals surface area contributed by atoms with Crippen molar-refractivity contribution >= 4 is 23.6 Å². The van der Waals surface area contributed by atoms with E-state index in [1.807, 2.05) is 0 Å². The van der Waals surface area contributed by atoms with E-state index >= 15 is 0 Å². The molecule has 3 rings (SSSR count). The lowest BCUT2D eigenvalue weighted by Crippen LogP contribution is -2.33. The first-order valence-electron chi connectivity index (χ1n) is 7.52. The van der Waals surface area contributed by atoms with Gasteiger partial charge in [-0.25, -0.2) is 9.29 Å². The van der Waals surface area contributed by atoms with Gasteiger partial charge in [0.2, 0.25) is 17.6 Å². The number of halogens is 1. The highest BCUT2D eigenvalue weighted by molar-refractivity contribution is 6.08. The van der Waals surface area contributed by atoms with Crippen LogP contribution in [0.1, 0.15) is 32.3 Å². The van der Waals surface area contributed by atoms with Crippen LogP contribution in [0, 0.1) is 5.82 Å². The predicted molar refractivity (Wildman–Crippen MR) is 79.7 cm³/mol. The molecular formula is C17H14FNO6. The smallest absolute Gasteiger partial charge is 0.308 e. The molecule has 2 aliphatic rings. The summed E-state index contributed by atoms with van der Waals surface area (Å²) in [5, 5.41) is 0. The highest BCUT2D eigenvalue weighted by Crippen LogP contribution is 2.41. The third kappa shape index (κ3) is 2.69. The van der Waals surface area contributed by atoms with Crippen molar-refractivity contribution in [2.24, 2.45) is 0 Å². The molecule has 2 amide bonds. The minimum absolute atomic E-state index is 0.0273. The maximum absolute atomic E-state index is 13.2. The molecule has 1 fully saturated rings. The number of esters is 1. The van der Waals surface area contributed by atoms with Gasteiger partial charge in [0, 0.05) is 25.3 Å². The molecule has 0 aromatic heterocycles. The number of benzene rings is 1. The lowest BCUT2D eigenvalue weighted by molar-refractivity contribution is -0.144. The average molecular weight is 347 g/mol. The van der Waals surface area contributed by atoms with Crippen LogP contribution in [0.3, 0.4) is 0 Å². The second-order valence-corrected chi connectivity index (χ2v) is 5.82. The van der Waals surface area contributed by atoms with E-state index in [4.69, 9.17) is 9.47 Å². The molecule has 0 spiro atoms. The Morgan fingerprint density at radius 3 is 2.24 bits per heavy atom. The summed E-state index contributed by atoms with van der Waals surface area (Å²) in [6.07, 6.45) is -0.0546. The van der Waals surface area contributed by atoms with Gasteiger partial charge in [-0.3, -0.25) is 19.2 Å². The Balaban J connectivity index is 2.07. The zero-order valence-corrected chi connectivity index (χ0v) is 13.5. The largest absolute Gasteiger partial charge is 0.456 e. The third-order valence-corrected chi connectivity index (χ3v) is 4.03. The molecular weight excluding hydrogens is 333 g/mol. The fourth-order valence-electron chi connectivity index (χ4n) is 2.74. The third-order valence-electron chi connectivity index (χ3n) is 4.03. The molecule has 1 atom stereocenters. The highest BCUT2D eigenvalue weighted by Gasteiger charge is 2.53. The summed E-state index contributed by atoms with van der Waals surface area (Å²) < 4.78 is 23.7. The second kappa shape index (κ2) is 5.80. The molecule has 1 saturated heterocycles. The summed E-state index contributed by atoms with van der Waals surface area (Å²) in [5.41, 5.74) is -1.37. The molecule has 1 unspecified atom stereocenters. The highest BCUT2D eigenvalue weighted by atomic mass is 19.1. The fourth-order valence-corrected chi connectivity index (χ4v) is 2.74. The molecule has 130 valence electrons. The normalized spacial score (nSPS) is 23.3. The van der Waals surface area contributed by atoms with E-state index in [1.165, 1.54) is 19.1 Å². The number of ketones is 1. The van der Waals surface area contributed by atoms with E-state index in [0.29, 0.717) is 4.90 Å². The van der Waals surface area contributed by atoms with Crippen LogP contribution in [0.4, 0.5) is 4.39 Å². The molecule has 0 radical (unpaired) electrons. The molecule has 0 saturated carbocycles. The molecule has 0 bridgehead atoms. The lowest BCUT2D eigenvalue weighted by atomic mass is 9.91. The molecule has 7 nitrogen and oxygen atoms in total. The number of likely N-dealkylation sites (tertiary alicyclic amines) is 1. The number of hydrogen-bond acceptors (Lipinski definition) is 6. The Bertz CT molecular complexity index is 812. The number of nitrogens with zero attached hydrogens (tertiary/aromatic N) is 1. The minimum atomic E-state index is -1.66. The van der Waals surface area contributed by atoms with Crippen molar-refractivity contribution in [3.8, 4) is 0 Å². The maximum Gasteiger partial charge on any atom is 0.308 e. The van der Waals surface area contributed by atoms with Crippen molar-refractivity contribution in [2.45, 2.75) is 32.3 Å². The predicted octanol–water partition coefficient (Wildman–Crippen LogP) is 1.52. The number of amides is 2. The van der Waals surface area contributed by atoms with E-state index in [-0.39, 0.29) is 18.4 Å². The summed E-state index contributed by atoms with van der Waals surface area (Å²) in [7, 11) is 0. The number of Topliss-reactive ketones (excluding diaryl/α,β-unsaturated/α-hetero) is 1. The first kappa shape index (κ1) is 16.8. The van der Waals surface area contributed by atoms with Crippen molar-refractivity contribution in [1.29, 1.82) is 0 Å². The van der Waals surface area contributed by atoms with E-state index < -0.39 is 46.6 Å². The molecule has 0 N–H and O–H groups in total. The van der Waals surface area contributed by atoms with E-state index in [2.05, 4.69) is 0 Å². The van der Waals surface area contributed by atoms with Crippen molar-refractivity contribution in [2.75, 3.05) is 0 Å². The average Bonchev–Trinajstić information content (AvgIpc) is 3.00. The number of ether oxygens (including phenoxy) is 2. The number of carbonyl (C=O) groups excluding carboxylic acids is 4. The standard InChI is InChI=1S/C17H14FNO6/c1-9(20)24-14-15(23)17(2,10-3-5-11(18)6-4-10)25-16(14)19-12(21)7-8-13(19)22/h3-6H,7-8H2,1-2H3. The Kier molecular flexibility index (Phi) is 3.90. The molecule has 0 aliphatic carbocycles. The molecule has 1 aromatic carbocycles.